The summed E-state index contributed by atoms with van der Waals surface area (Å²) in [6.45, 7) is 8.85. The van der Waals surface area contributed by atoms with Gasteiger partial charge in [-0.2, -0.15) is 0 Å². The molecule has 1 fully saturated rings. The molecule has 3 aliphatic rings. The summed E-state index contributed by atoms with van der Waals surface area (Å²) in [5.74, 6) is -4.70. The molecular weight excluding hydrogens is 452 g/mol. The van der Waals surface area contributed by atoms with Gasteiger partial charge in [0, 0.05) is 22.8 Å². The number of ketones is 4. The lowest BCUT2D eigenvalue weighted by Crippen LogP contribution is -2.73. The molecule has 1 aromatic rings. The van der Waals surface area contributed by atoms with Gasteiger partial charge in [-0.15, -0.1) is 0 Å². The number of hydrogen-bond donors (Lipinski definition) is 4. The largest absolute Gasteiger partial charge is 0.507 e. The number of benzene rings is 1. The number of carbonyl (C=O) groups is 4. The summed E-state index contributed by atoms with van der Waals surface area (Å²) in [5.41, 5.74) is -5.56. The zero-order valence-electron chi connectivity index (χ0n) is 20.6. The lowest BCUT2D eigenvalue weighted by atomic mass is 9.43. The van der Waals surface area contributed by atoms with Gasteiger partial charge in [-0.1, -0.05) is 38.5 Å². The van der Waals surface area contributed by atoms with Crippen LogP contribution in [0.15, 0.2) is 28.9 Å². The first-order valence-corrected chi connectivity index (χ1v) is 11.6. The van der Waals surface area contributed by atoms with E-state index < -0.39 is 51.6 Å². The van der Waals surface area contributed by atoms with E-state index in [9.17, 15) is 39.6 Å². The van der Waals surface area contributed by atoms with Crippen LogP contribution < -0.4 is 0 Å². The smallest absolute Gasteiger partial charge is 0.206 e. The van der Waals surface area contributed by atoms with Crippen molar-refractivity contribution >= 4 is 28.9 Å². The summed E-state index contributed by atoms with van der Waals surface area (Å²) >= 11 is 0. The normalized spacial score (nSPS) is 34.4. The molecule has 5 atom stereocenters. The lowest BCUT2D eigenvalue weighted by Gasteiger charge is -2.61. The molecule has 0 saturated heterocycles. The topological polar surface area (TPSA) is 149 Å². The van der Waals surface area contributed by atoms with E-state index in [-0.39, 0.29) is 46.6 Å². The van der Waals surface area contributed by atoms with Gasteiger partial charge >= 0.3 is 0 Å². The van der Waals surface area contributed by atoms with E-state index in [1.165, 1.54) is 20.8 Å². The van der Waals surface area contributed by atoms with Gasteiger partial charge in [-0.05, 0) is 38.7 Å². The Morgan fingerprint density at radius 3 is 2.23 bits per heavy atom. The molecule has 0 amide bonds. The van der Waals surface area contributed by atoms with E-state index in [2.05, 4.69) is 0 Å². The molecule has 8 nitrogen and oxygen atoms in total. The van der Waals surface area contributed by atoms with Crippen molar-refractivity contribution in [1.29, 1.82) is 0 Å². The van der Waals surface area contributed by atoms with Crippen molar-refractivity contribution in [2.24, 2.45) is 10.8 Å². The Hall–Kier alpha value is -3.10. The van der Waals surface area contributed by atoms with Gasteiger partial charge in [0.1, 0.15) is 17.3 Å². The third-order valence-electron chi connectivity index (χ3n) is 8.63. The summed E-state index contributed by atoms with van der Waals surface area (Å²) in [5, 5.41) is 45.9. The van der Waals surface area contributed by atoms with Gasteiger partial charge in [0.2, 0.25) is 11.6 Å². The summed E-state index contributed by atoms with van der Waals surface area (Å²) in [6, 6.07) is 3.21. The average Bonchev–Trinajstić information content (AvgIpc) is 2.75. The van der Waals surface area contributed by atoms with E-state index in [0.717, 1.165) is 0 Å². The van der Waals surface area contributed by atoms with Gasteiger partial charge in [0.05, 0.1) is 22.8 Å². The molecule has 0 heterocycles. The second-order valence-corrected chi connectivity index (χ2v) is 10.7. The number of carbonyl (C=O) groups excluding carboxylic acids is 4. The van der Waals surface area contributed by atoms with Crippen LogP contribution in [0.3, 0.4) is 0 Å². The summed E-state index contributed by atoms with van der Waals surface area (Å²) < 4.78 is 0. The number of rotatable bonds is 3. The fourth-order valence-corrected chi connectivity index (χ4v) is 6.68. The van der Waals surface area contributed by atoms with Crippen molar-refractivity contribution < 1.29 is 39.6 Å². The number of phenols is 1. The van der Waals surface area contributed by atoms with Crippen molar-refractivity contribution in [1.82, 2.24) is 0 Å². The van der Waals surface area contributed by atoms with Crippen molar-refractivity contribution in [2.45, 2.75) is 72.0 Å². The highest BCUT2D eigenvalue weighted by molar-refractivity contribution is 6.33. The first-order chi connectivity index (χ1) is 16.1. The van der Waals surface area contributed by atoms with E-state index >= 15 is 0 Å². The SMILES string of the molecule is CC(=O)Cc1ccc2c(c1O)C(O)=C1C(=O)[C@@]3(O)C(=O)C(C(C)=O)=C(C)C[C@@]3(C)[C@H](O)[C@@]1(C)[C@@H]2C. The molecule has 0 unspecified atom stereocenters. The zero-order chi connectivity index (χ0) is 26.4. The van der Waals surface area contributed by atoms with Crippen molar-refractivity contribution in [3.8, 4) is 5.75 Å². The van der Waals surface area contributed by atoms with Crippen LogP contribution in [0.25, 0.3) is 5.76 Å². The number of aliphatic hydroxyl groups is 3. The summed E-state index contributed by atoms with van der Waals surface area (Å²) in [7, 11) is 0. The fourth-order valence-electron chi connectivity index (χ4n) is 6.68. The fraction of sp³-hybridized carbons (Fsp3) is 0.481. The maximum atomic E-state index is 14.0. The van der Waals surface area contributed by atoms with Gasteiger partial charge < -0.3 is 20.4 Å². The molecular formula is C27H30O8. The van der Waals surface area contributed by atoms with Crippen LogP contribution in [0.1, 0.15) is 70.6 Å². The van der Waals surface area contributed by atoms with Gasteiger partial charge in [-0.3, -0.25) is 19.2 Å². The average molecular weight is 483 g/mol. The van der Waals surface area contributed by atoms with Gasteiger partial charge in [0.25, 0.3) is 0 Å². The van der Waals surface area contributed by atoms with Crippen LogP contribution in [-0.4, -0.2) is 55.3 Å². The number of aromatic hydroxyl groups is 1. The summed E-state index contributed by atoms with van der Waals surface area (Å²) in [4.78, 5) is 51.4. The minimum absolute atomic E-state index is 0.0711. The van der Waals surface area contributed by atoms with Gasteiger partial charge in [-0.25, -0.2) is 0 Å². The number of phenolic OH excluding ortho intramolecular Hbond substituents is 1. The highest BCUT2D eigenvalue weighted by atomic mass is 16.3. The van der Waals surface area contributed by atoms with Crippen molar-refractivity contribution in [3.05, 3.63) is 45.5 Å². The minimum Gasteiger partial charge on any atom is -0.507 e. The van der Waals surface area contributed by atoms with Crippen molar-refractivity contribution in [3.63, 3.8) is 0 Å². The minimum atomic E-state index is -2.79. The van der Waals surface area contributed by atoms with E-state index in [0.29, 0.717) is 11.1 Å². The number of allylic oxidation sites excluding steroid dienone is 1. The molecule has 0 spiro atoms. The Balaban J connectivity index is 2.06. The number of hydrogen-bond acceptors (Lipinski definition) is 8. The predicted molar refractivity (Wildman–Crippen MR) is 126 cm³/mol. The Kier molecular flexibility index (Phi) is 5.32. The Morgan fingerprint density at radius 1 is 1.09 bits per heavy atom. The molecule has 8 heteroatoms. The number of Topliss-reactive ketones (excluding diaryl/α,β-unsaturated/α-hetero) is 4. The Bertz CT molecular complexity index is 1300. The maximum Gasteiger partial charge on any atom is 0.206 e. The third kappa shape index (κ3) is 2.81. The highest BCUT2D eigenvalue weighted by Crippen LogP contribution is 2.65. The van der Waals surface area contributed by atoms with Crippen LogP contribution >= 0.6 is 0 Å². The van der Waals surface area contributed by atoms with E-state index in [1.807, 2.05) is 0 Å². The van der Waals surface area contributed by atoms with Crippen LogP contribution in [-0.2, 0) is 25.6 Å². The zero-order valence-corrected chi connectivity index (χ0v) is 20.6. The van der Waals surface area contributed by atoms with E-state index in [1.54, 1.807) is 32.9 Å². The second-order valence-electron chi connectivity index (χ2n) is 10.7. The lowest BCUT2D eigenvalue weighted by molar-refractivity contribution is -0.197. The molecule has 3 aliphatic carbocycles. The molecule has 1 aromatic carbocycles. The molecule has 186 valence electrons. The van der Waals surface area contributed by atoms with Crippen LogP contribution in [0, 0.1) is 10.8 Å². The second kappa shape index (κ2) is 7.45. The third-order valence-corrected chi connectivity index (χ3v) is 8.63. The van der Waals surface area contributed by atoms with E-state index in [4.69, 9.17) is 0 Å². The standard InChI is InChI=1S/C27H30O8/c1-11-10-25(5)24(34)26(6)13(3)16-8-7-15(9-12(2)28)20(30)18(16)21(31)19(26)23(33)27(25,35)22(32)17(11)14(4)29/h7-8,13,24,30-31,34-35H,9-10H2,1-6H3/t13-,24+,25+,26+,27+/m1/s1. The molecule has 0 aromatic heterocycles. The number of aliphatic hydroxyl groups excluding tert-OH is 2. The van der Waals surface area contributed by atoms with Crippen molar-refractivity contribution in [2.75, 3.05) is 0 Å². The molecule has 35 heavy (non-hydrogen) atoms. The van der Waals surface area contributed by atoms with Crippen LogP contribution in [0.4, 0.5) is 0 Å². The predicted octanol–water partition coefficient (Wildman–Crippen LogP) is 2.48. The maximum absolute atomic E-state index is 14.0. The molecule has 1 saturated carbocycles. The first kappa shape index (κ1) is 25.0. The van der Waals surface area contributed by atoms with Crippen LogP contribution in [0.2, 0.25) is 0 Å². The van der Waals surface area contributed by atoms with Gasteiger partial charge in [0.15, 0.2) is 11.4 Å². The molecule has 4 rings (SSSR count). The first-order valence-electron chi connectivity index (χ1n) is 11.6. The molecule has 0 bridgehead atoms. The highest BCUT2D eigenvalue weighted by Gasteiger charge is 2.74. The molecule has 0 aliphatic heterocycles. The Morgan fingerprint density at radius 2 is 1.69 bits per heavy atom. The molecule has 4 N–H and O–H groups in total. The monoisotopic (exact) mass is 482 g/mol. The Labute approximate surface area is 203 Å². The summed E-state index contributed by atoms with van der Waals surface area (Å²) in [6.07, 6.45) is -1.66. The molecule has 0 radical (unpaired) electrons. The number of fused-ring (bicyclic) bond motifs is 3. The van der Waals surface area contributed by atoms with Crippen LogP contribution in [0.5, 0.6) is 5.75 Å². The quantitative estimate of drug-likeness (QED) is 0.379.